The monoisotopic (exact) mass is 376 g/mol. The van der Waals surface area contributed by atoms with Crippen LogP contribution >= 0.6 is 15.9 Å². The van der Waals surface area contributed by atoms with E-state index in [-0.39, 0.29) is 11.8 Å². The first-order valence-electron chi connectivity index (χ1n) is 8.12. The number of carbonyl (C=O) groups is 1. The average molecular weight is 377 g/mol. The number of imidazole rings is 1. The highest BCUT2D eigenvalue weighted by Gasteiger charge is 2.48. The third-order valence-corrected chi connectivity index (χ3v) is 5.92. The molecular weight excluding hydrogens is 356 g/mol. The second kappa shape index (κ2) is 5.31. The molecule has 0 spiro atoms. The predicted molar refractivity (Wildman–Crippen MR) is 92.0 cm³/mol. The van der Waals surface area contributed by atoms with Gasteiger partial charge in [0.25, 0.3) is 0 Å². The van der Waals surface area contributed by atoms with Crippen molar-refractivity contribution in [2.75, 3.05) is 13.1 Å². The first-order chi connectivity index (χ1) is 11.0. The zero-order chi connectivity index (χ0) is 16.2. The number of amides is 1. The molecule has 122 valence electrons. The van der Waals surface area contributed by atoms with Crippen molar-refractivity contribution in [2.24, 2.45) is 17.8 Å². The van der Waals surface area contributed by atoms with E-state index in [1.54, 1.807) is 0 Å². The lowest BCUT2D eigenvalue weighted by Gasteiger charge is -2.49. The first kappa shape index (κ1) is 15.1. The minimum Gasteiger partial charge on any atom is -0.344 e. The number of nitrogens with one attached hydrogen (secondary N) is 2. The maximum Gasteiger partial charge on any atom is 0.224 e. The van der Waals surface area contributed by atoms with Gasteiger partial charge < -0.3 is 15.0 Å². The van der Waals surface area contributed by atoms with Crippen LogP contribution in [0.2, 0.25) is 0 Å². The van der Waals surface area contributed by atoms with Gasteiger partial charge in [-0.1, -0.05) is 0 Å². The van der Waals surface area contributed by atoms with Crippen LogP contribution in [0.1, 0.15) is 26.1 Å². The van der Waals surface area contributed by atoms with Crippen molar-refractivity contribution in [1.82, 2.24) is 20.0 Å². The third-order valence-electron chi connectivity index (χ3n) is 5.25. The molecule has 3 heterocycles. The lowest BCUT2D eigenvalue weighted by Crippen LogP contribution is -2.60. The number of fused-ring (bicyclic) bond motifs is 3. The Balaban J connectivity index is 1.59. The Kier molecular flexibility index (Phi) is 3.50. The second-order valence-corrected chi connectivity index (χ2v) is 8.10. The summed E-state index contributed by atoms with van der Waals surface area (Å²) in [6.07, 6.45) is 5.01. The minimum atomic E-state index is -0.512. The van der Waals surface area contributed by atoms with Crippen molar-refractivity contribution in [1.29, 1.82) is 0 Å². The molecule has 2 N–H and O–H groups in total. The molecular formula is C17H21BrN4O. The van der Waals surface area contributed by atoms with Gasteiger partial charge in [0, 0.05) is 16.6 Å². The Labute approximate surface area is 144 Å². The Morgan fingerprint density at radius 2 is 2.17 bits per heavy atom. The zero-order valence-corrected chi connectivity index (χ0v) is 14.9. The summed E-state index contributed by atoms with van der Waals surface area (Å²) in [6.45, 7) is 5.98. The van der Waals surface area contributed by atoms with Crippen LogP contribution in [0.15, 0.2) is 29.0 Å². The summed E-state index contributed by atoms with van der Waals surface area (Å²) >= 11 is 3.55. The van der Waals surface area contributed by atoms with Gasteiger partial charge in [-0.05, 0) is 73.3 Å². The van der Waals surface area contributed by atoms with Crippen LogP contribution in [-0.2, 0) is 10.3 Å². The highest BCUT2D eigenvalue weighted by molar-refractivity contribution is 9.10. The molecule has 4 rings (SSSR count). The molecule has 6 heteroatoms. The highest BCUT2D eigenvalue weighted by atomic mass is 79.9. The second-order valence-electron chi connectivity index (χ2n) is 7.25. The number of halogens is 1. The summed E-state index contributed by atoms with van der Waals surface area (Å²) < 4.78 is 3.04. The zero-order valence-electron chi connectivity index (χ0n) is 13.3. The van der Waals surface area contributed by atoms with Crippen LogP contribution in [-0.4, -0.2) is 28.4 Å². The largest absolute Gasteiger partial charge is 0.344 e. The quantitative estimate of drug-likeness (QED) is 0.863. The molecule has 2 atom stereocenters. The van der Waals surface area contributed by atoms with Crippen molar-refractivity contribution < 1.29 is 4.79 Å². The van der Waals surface area contributed by atoms with E-state index >= 15 is 0 Å². The Bertz CT molecular complexity index is 755. The molecule has 1 aliphatic carbocycles. The molecule has 1 aliphatic heterocycles. The summed E-state index contributed by atoms with van der Waals surface area (Å²) in [5.41, 5.74) is 0.497. The van der Waals surface area contributed by atoms with E-state index in [4.69, 9.17) is 0 Å². The molecule has 1 amide bonds. The Morgan fingerprint density at radius 1 is 1.43 bits per heavy atom. The van der Waals surface area contributed by atoms with E-state index < -0.39 is 5.54 Å². The van der Waals surface area contributed by atoms with E-state index in [0.717, 1.165) is 28.9 Å². The standard InChI is InChI=1S/C17H21BrN4O/c1-17(2,16-20-9-13-12(18)4-3-5-22(13)16)21-15(23)14-10-6-11(14)8-19-7-10/h3-5,9-11,14,19H,6-8H2,1-2H3,(H,21,23). The number of hydrogen-bond donors (Lipinski definition) is 2. The van der Waals surface area contributed by atoms with E-state index in [1.165, 1.54) is 6.42 Å². The number of piperidine rings is 2. The number of carbonyl (C=O) groups excluding carboxylic acids is 1. The molecule has 2 aromatic rings. The first-order valence-corrected chi connectivity index (χ1v) is 8.91. The van der Waals surface area contributed by atoms with Gasteiger partial charge >= 0.3 is 0 Å². The molecule has 1 saturated carbocycles. The molecule has 2 unspecified atom stereocenters. The smallest absolute Gasteiger partial charge is 0.224 e. The van der Waals surface area contributed by atoms with Crippen molar-refractivity contribution in [3.05, 3.63) is 34.8 Å². The minimum absolute atomic E-state index is 0.161. The van der Waals surface area contributed by atoms with Crippen molar-refractivity contribution in [2.45, 2.75) is 25.8 Å². The molecule has 0 radical (unpaired) electrons. The van der Waals surface area contributed by atoms with Gasteiger partial charge in [0.2, 0.25) is 5.91 Å². The highest BCUT2D eigenvalue weighted by Crippen LogP contribution is 2.43. The Morgan fingerprint density at radius 3 is 2.87 bits per heavy atom. The van der Waals surface area contributed by atoms with Crippen LogP contribution in [0.4, 0.5) is 0 Å². The third kappa shape index (κ3) is 2.39. The number of pyridine rings is 1. The lowest BCUT2D eigenvalue weighted by atomic mass is 9.61. The van der Waals surface area contributed by atoms with E-state index in [1.807, 2.05) is 42.8 Å². The maximum atomic E-state index is 12.8. The van der Waals surface area contributed by atoms with Gasteiger partial charge in [0.1, 0.15) is 5.82 Å². The summed E-state index contributed by atoms with van der Waals surface area (Å²) in [7, 11) is 0. The van der Waals surface area contributed by atoms with Crippen molar-refractivity contribution >= 4 is 27.4 Å². The predicted octanol–water partition coefficient (Wildman–Crippen LogP) is 2.30. The molecule has 5 nitrogen and oxygen atoms in total. The fraction of sp³-hybridized carbons (Fsp3) is 0.529. The van der Waals surface area contributed by atoms with Crippen LogP contribution in [0, 0.1) is 17.8 Å². The molecule has 0 aromatic carbocycles. The van der Waals surface area contributed by atoms with E-state index in [9.17, 15) is 4.79 Å². The molecule has 2 fully saturated rings. The molecule has 2 bridgehead atoms. The van der Waals surface area contributed by atoms with Gasteiger partial charge in [-0.2, -0.15) is 0 Å². The molecule has 23 heavy (non-hydrogen) atoms. The van der Waals surface area contributed by atoms with Gasteiger partial charge in [-0.25, -0.2) is 4.98 Å². The fourth-order valence-corrected chi connectivity index (χ4v) is 4.52. The van der Waals surface area contributed by atoms with Crippen LogP contribution < -0.4 is 10.6 Å². The molecule has 1 saturated heterocycles. The van der Waals surface area contributed by atoms with Crippen LogP contribution in [0.5, 0.6) is 0 Å². The fourth-order valence-electron chi connectivity index (χ4n) is 4.07. The summed E-state index contributed by atoms with van der Waals surface area (Å²) in [6, 6.07) is 3.97. The normalized spacial score (nSPS) is 26.8. The van der Waals surface area contributed by atoms with E-state index in [2.05, 4.69) is 31.5 Å². The summed E-state index contributed by atoms with van der Waals surface area (Å²) in [5, 5.41) is 6.62. The molecule has 2 aliphatic rings. The number of rotatable bonds is 3. The number of aromatic nitrogens is 2. The summed E-state index contributed by atoms with van der Waals surface area (Å²) in [5.74, 6) is 2.18. The average Bonchev–Trinajstić information content (AvgIpc) is 2.93. The van der Waals surface area contributed by atoms with Gasteiger partial charge in [-0.3, -0.25) is 4.79 Å². The van der Waals surface area contributed by atoms with Crippen molar-refractivity contribution in [3.8, 4) is 0 Å². The van der Waals surface area contributed by atoms with Gasteiger partial charge in [0.05, 0.1) is 17.3 Å². The van der Waals surface area contributed by atoms with Crippen LogP contribution in [0.25, 0.3) is 5.52 Å². The number of hydrogen-bond acceptors (Lipinski definition) is 3. The van der Waals surface area contributed by atoms with Gasteiger partial charge in [-0.15, -0.1) is 0 Å². The Hall–Kier alpha value is -1.40. The topological polar surface area (TPSA) is 58.4 Å². The van der Waals surface area contributed by atoms with E-state index in [0.29, 0.717) is 11.8 Å². The summed E-state index contributed by atoms with van der Waals surface area (Å²) in [4.78, 5) is 17.3. The van der Waals surface area contributed by atoms with Crippen LogP contribution in [0.3, 0.4) is 0 Å². The van der Waals surface area contributed by atoms with Gasteiger partial charge in [0.15, 0.2) is 0 Å². The maximum absolute atomic E-state index is 12.8. The number of nitrogens with zero attached hydrogens (tertiary/aromatic N) is 2. The SMILES string of the molecule is CC(C)(NC(=O)C1C2CNCC1C2)c1ncc2c(Br)cccn12. The van der Waals surface area contributed by atoms with Crippen molar-refractivity contribution in [3.63, 3.8) is 0 Å². The molecule has 2 aromatic heterocycles. The lowest BCUT2D eigenvalue weighted by molar-refractivity contribution is -0.138.